The number of hydrogen-bond donors (Lipinski definition) is 2. The van der Waals surface area contributed by atoms with E-state index in [-0.39, 0.29) is 18.6 Å². The molecule has 1 aliphatic carbocycles. The van der Waals surface area contributed by atoms with Gasteiger partial charge < -0.3 is 19.9 Å². The fraction of sp³-hybridized carbons (Fsp3) is 0.409. The number of carbonyl (C=O) groups excluding carboxylic acids is 1. The normalized spacial score (nSPS) is 15.1. The fourth-order valence-corrected chi connectivity index (χ4v) is 3.29. The summed E-state index contributed by atoms with van der Waals surface area (Å²) < 4.78 is 12.4. The van der Waals surface area contributed by atoms with Gasteiger partial charge >= 0.3 is 0 Å². The number of methoxy groups -OCH3 is 1. The number of aromatic nitrogens is 3. The summed E-state index contributed by atoms with van der Waals surface area (Å²) in [5.74, 6) is -0.148. The van der Waals surface area contributed by atoms with E-state index in [1.807, 2.05) is 18.2 Å². The molecule has 0 unspecified atom stereocenters. The van der Waals surface area contributed by atoms with Crippen LogP contribution < -0.4 is 5.32 Å². The second-order valence-corrected chi connectivity index (χ2v) is 7.44. The van der Waals surface area contributed by atoms with E-state index in [0.29, 0.717) is 29.9 Å². The Morgan fingerprint density at radius 1 is 1.30 bits per heavy atom. The van der Waals surface area contributed by atoms with Crippen molar-refractivity contribution in [1.82, 2.24) is 20.1 Å². The molecule has 1 aliphatic rings. The lowest BCUT2D eigenvalue weighted by atomic mass is 9.96. The molecule has 30 heavy (non-hydrogen) atoms. The van der Waals surface area contributed by atoms with E-state index in [9.17, 15) is 9.90 Å². The standard InChI is InChI=1S/C22H26N4O4/c1-29-10-9-23-22(28)15-5-7-18(8-6-15)26-21-17(13-25-26)11-16(12-24-21)20(27)14-30-19-3-2-4-19/h5-8,11-13,19-20,27H,2-4,9-10,14H2,1H3,(H,23,28)/t20-/m0/s1. The Bertz CT molecular complexity index is 998. The van der Waals surface area contributed by atoms with Crippen molar-refractivity contribution in [3.63, 3.8) is 0 Å². The van der Waals surface area contributed by atoms with Crippen molar-refractivity contribution in [1.29, 1.82) is 0 Å². The van der Waals surface area contributed by atoms with E-state index in [4.69, 9.17) is 9.47 Å². The van der Waals surface area contributed by atoms with E-state index in [2.05, 4.69) is 15.4 Å². The number of pyridine rings is 1. The van der Waals surface area contributed by atoms with Gasteiger partial charge in [-0.05, 0) is 49.6 Å². The van der Waals surface area contributed by atoms with Gasteiger partial charge in [-0.2, -0.15) is 5.10 Å². The molecule has 2 aromatic heterocycles. The zero-order valence-electron chi connectivity index (χ0n) is 17.0. The number of nitrogens with zero attached hydrogens (tertiary/aromatic N) is 3. The number of carbonyl (C=O) groups is 1. The molecule has 8 nitrogen and oxygen atoms in total. The number of nitrogens with one attached hydrogen (secondary N) is 1. The minimum atomic E-state index is -0.707. The predicted molar refractivity (Wildman–Crippen MR) is 112 cm³/mol. The van der Waals surface area contributed by atoms with Gasteiger partial charge in [0.25, 0.3) is 5.91 Å². The van der Waals surface area contributed by atoms with E-state index >= 15 is 0 Å². The van der Waals surface area contributed by atoms with Crippen molar-refractivity contribution < 1.29 is 19.4 Å². The maximum absolute atomic E-state index is 12.1. The second kappa shape index (κ2) is 9.34. The van der Waals surface area contributed by atoms with Gasteiger partial charge in [-0.3, -0.25) is 4.79 Å². The van der Waals surface area contributed by atoms with Crippen LogP contribution in [0.1, 0.15) is 41.3 Å². The quantitative estimate of drug-likeness (QED) is 0.526. The Morgan fingerprint density at radius 2 is 2.10 bits per heavy atom. The van der Waals surface area contributed by atoms with Crippen molar-refractivity contribution in [3.05, 3.63) is 53.9 Å². The minimum Gasteiger partial charge on any atom is -0.386 e. The molecule has 1 aromatic carbocycles. The van der Waals surface area contributed by atoms with Crippen LogP contribution in [0.2, 0.25) is 0 Å². The summed E-state index contributed by atoms with van der Waals surface area (Å²) in [6.45, 7) is 1.21. The number of hydrogen-bond acceptors (Lipinski definition) is 6. The molecular weight excluding hydrogens is 384 g/mol. The van der Waals surface area contributed by atoms with Crippen LogP contribution in [0.25, 0.3) is 16.7 Å². The van der Waals surface area contributed by atoms with Crippen molar-refractivity contribution in [3.8, 4) is 5.69 Å². The van der Waals surface area contributed by atoms with Crippen LogP contribution >= 0.6 is 0 Å². The Hall–Kier alpha value is -2.81. The molecule has 1 amide bonds. The third-order valence-corrected chi connectivity index (χ3v) is 5.32. The summed E-state index contributed by atoms with van der Waals surface area (Å²) >= 11 is 0. The summed E-state index contributed by atoms with van der Waals surface area (Å²) in [5, 5.41) is 18.4. The van der Waals surface area contributed by atoms with E-state index in [1.54, 1.807) is 36.3 Å². The van der Waals surface area contributed by atoms with Gasteiger partial charge in [-0.15, -0.1) is 0 Å². The topological polar surface area (TPSA) is 98.5 Å². The summed E-state index contributed by atoms with van der Waals surface area (Å²) in [6, 6.07) is 9.04. The highest BCUT2D eigenvalue weighted by Crippen LogP contribution is 2.25. The Kier molecular flexibility index (Phi) is 6.37. The Labute approximate surface area is 174 Å². The van der Waals surface area contributed by atoms with Crippen LogP contribution in [0, 0.1) is 0 Å². The van der Waals surface area contributed by atoms with Crippen molar-refractivity contribution in [2.75, 3.05) is 26.9 Å². The van der Waals surface area contributed by atoms with Gasteiger partial charge in [-0.25, -0.2) is 9.67 Å². The highest BCUT2D eigenvalue weighted by atomic mass is 16.5. The molecule has 3 aromatic rings. The summed E-state index contributed by atoms with van der Waals surface area (Å²) in [4.78, 5) is 16.6. The summed E-state index contributed by atoms with van der Waals surface area (Å²) in [6.07, 6.45) is 6.30. The molecule has 2 N–H and O–H groups in total. The second-order valence-electron chi connectivity index (χ2n) is 7.44. The highest BCUT2D eigenvalue weighted by Gasteiger charge is 2.20. The number of ether oxygens (including phenoxy) is 2. The smallest absolute Gasteiger partial charge is 0.251 e. The maximum atomic E-state index is 12.1. The highest BCUT2D eigenvalue weighted by molar-refractivity contribution is 5.94. The van der Waals surface area contributed by atoms with Crippen LogP contribution in [0.4, 0.5) is 0 Å². The lowest BCUT2D eigenvalue weighted by Gasteiger charge is -2.26. The summed E-state index contributed by atoms with van der Waals surface area (Å²) in [5.41, 5.74) is 2.76. The van der Waals surface area contributed by atoms with Crippen molar-refractivity contribution in [2.45, 2.75) is 31.5 Å². The SMILES string of the molecule is COCCNC(=O)c1ccc(-n2ncc3cc([C@@H](O)COC4CCC4)cnc32)cc1. The van der Waals surface area contributed by atoms with Crippen LogP contribution in [-0.4, -0.2) is 58.8 Å². The van der Waals surface area contributed by atoms with Crippen molar-refractivity contribution in [2.24, 2.45) is 0 Å². The number of benzene rings is 1. The average molecular weight is 410 g/mol. The zero-order valence-corrected chi connectivity index (χ0v) is 17.0. The molecule has 0 spiro atoms. The number of aliphatic hydroxyl groups excluding tert-OH is 1. The van der Waals surface area contributed by atoms with Gasteiger partial charge in [0.05, 0.1) is 31.2 Å². The molecule has 2 heterocycles. The maximum Gasteiger partial charge on any atom is 0.251 e. The third-order valence-electron chi connectivity index (χ3n) is 5.32. The first kappa shape index (κ1) is 20.5. The number of aliphatic hydroxyl groups is 1. The molecule has 1 fully saturated rings. The minimum absolute atomic E-state index is 0.148. The van der Waals surface area contributed by atoms with Crippen LogP contribution in [-0.2, 0) is 9.47 Å². The van der Waals surface area contributed by atoms with E-state index < -0.39 is 6.10 Å². The van der Waals surface area contributed by atoms with Gasteiger partial charge in [-0.1, -0.05) is 0 Å². The van der Waals surface area contributed by atoms with Gasteiger partial charge in [0.2, 0.25) is 0 Å². The van der Waals surface area contributed by atoms with Gasteiger partial charge in [0, 0.05) is 36.4 Å². The molecule has 0 aliphatic heterocycles. The predicted octanol–water partition coefficient (Wildman–Crippen LogP) is 2.40. The molecule has 1 saturated carbocycles. The average Bonchev–Trinajstić information content (AvgIpc) is 3.16. The molecule has 4 rings (SSSR count). The van der Waals surface area contributed by atoms with E-state index in [1.165, 1.54) is 6.42 Å². The van der Waals surface area contributed by atoms with Crippen LogP contribution in [0.5, 0.6) is 0 Å². The first-order chi connectivity index (χ1) is 14.7. The first-order valence-corrected chi connectivity index (χ1v) is 10.2. The molecule has 8 heteroatoms. The Balaban J connectivity index is 1.46. The van der Waals surface area contributed by atoms with Crippen LogP contribution in [0.3, 0.4) is 0 Å². The molecular formula is C22H26N4O4. The fourth-order valence-electron chi connectivity index (χ4n) is 3.29. The lowest BCUT2D eigenvalue weighted by Crippen LogP contribution is -2.26. The van der Waals surface area contributed by atoms with Crippen molar-refractivity contribution >= 4 is 16.9 Å². The largest absolute Gasteiger partial charge is 0.386 e. The molecule has 1 atom stereocenters. The number of amides is 1. The molecule has 0 saturated heterocycles. The Morgan fingerprint density at radius 3 is 2.80 bits per heavy atom. The zero-order chi connectivity index (χ0) is 20.9. The summed E-state index contributed by atoms with van der Waals surface area (Å²) in [7, 11) is 1.59. The molecule has 0 bridgehead atoms. The number of rotatable bonds is 9. The monoisotopic (exact) mass is 410 g/mol. The van der Waals surface area contributed by atoms with Gasteiger partial charge in [0.1, 0.15) is 6.10 Å². The van der Waals surface area contributed by atoms with Crippen LogP contribution in [0.15, 0.2) is 42.7 Å². The molecule has 0 radical (unpaired) electrons. The van der Waals surface area contributed by atoms with Gasteiger partial charge in [0.15, 0.2) is 5.65 Å². The lowest BCUT2D eigenvalue weighted by molar-refractivity contribution is -0.0427. The van der Waals surface area contributed by atoms with E-state index in [0.717, 1.165) is 23.9 Å². The number of fused-ring (bicyclic) bond motifs is 1. The molecule has 158 valence electrons. The third kappa shape index (κ3) is 4.51. The first-order valence-electron chi connectivity index (χ1n) is 10.2.